The van der Waals surface area contributed by atoms with Crippen LogP contribution in [0.4, 0.5) is 10.2 Å². The highest BCUT2D eigenvalue weighted by molar-refractivity contribution is 5.91. The Morgan fingerprint density at radius 3 is 2.61 bits per heavy atom. The number of aromatic nitrogens is 4. The third-order valence-corrected chi connectivity index (χ3v) is 7.39. The summed E-state index contributed by atoms with van der Waals surface area (Å²) >= 11 is 0. The zero-order valence-corrected chi connectivity index (χ0v) is 19.4. The zero-order valence-electron chi connectivity index (χ0n) is 19.4. The van der Waals surface area contributed by atoms with Crippen molar-refractivity contribution in [2.75, 3.05) is 5.32 Å². The quantitative estimate of drug-likeness (QED) is 0.360. The third kappa shape index (κ3) is 4.17. The number of nitrogens with zero attached hydrogens (tertiary/aromatic N) is 3. The van der Waals surface area contributed by atoms with Gasteiger partial charge in [0.15, 0.2) is 5.82 Å². The number of hydrogen-bond acceptors (Lipinski definition) is 5. The molecule has 2 atom stereocenters. The molecule has 3 N–H and O–H groups in total. The van der Waals surface area contributed by atoms with Gasteiger partial charge < -0.3 is 15.4 Å². The van der Waals surface area contributed by atoms with Gasteiger partial charge in [-0.2, -0.15) is 0 Å². The average molecular weight is 482 g/mol. The first-order valence-corrected chi connectivity index (χ1v) is 12.1. The molecular weight excluding hydrogens is 457 g/mol. The Bertz CT molecular complexity index is 1500. The van der Waals surface area contributed by atoms with E-state index in [4.69, 9.17) is 4.98 Å². The molecule has 3 fully saturated rings. The van der Waals surface area contributed by atoms with Crippen molar-refractivity contribution in [1.29, 1.82) is 0 Å². The van der Waals surface area contributed by atoms with Gasteiger partial charge in [-0.15, -0.1) is 0 Å². The van der Waals surface area contributed by atoms with E-state index in [0.29, 0.717) is 33.9 Å². The number of halogens is 1. The van der Waals surface area contributed by atoms with Crippen LogP contribution in [-0.2, 0) is 4.79 Å². The van der Waals surface area contributed by atoms with Gasteiger partial charge in [0.25, 0.3) is 0 Å². The molecule has 2 bridgehead atoms. The topological polar surface area (TPSA) is 104 Å². The van der Waals surface area contributed by atoms with Gasteiger partial charge in [0.05, 0.1) is 12.1 Å². The number of nitrogens with one attached hydrogen (secondary N) is 2. The van der Waals surface area contributed by atoms with Crippen molar-refractivity contribution in [2.24, 2.45) is 17.8 Å². The van der Waals surface area contributed by atoms with E-state index in [9.17, 15) is 14.3 Å². The fourth-order valence-electron chi connectivity index (χ4n) is 5.71. The van der Waals surface area contributed by atoms with Crippen molar-refractivity contribution in [3.63, 3.8) is 0 Å². The van der Waals surface area contributed by atoms with Crippen LogP contribution in [0.1, 0.15) is 36.9 Å². The van der Waals surface area contributed by atoms with Crippen LogP contribution in [0.25, 0.3) is 22.4 Å². The molecule has 0 unspecified atom stereocenters. The van der Waals surface area contributed by atoms with Crippen molar-refractivity contribution >= 4 is 22.8 Å². The number of carboxylic acids is 1. The molecule has 0 spiro atoms. The highest BCUT2D eigenvalue weighted by Gasteiger charge is 2.47. The lowest BCUT2D eigenvalue weighted by molar-refractivity contribution is -0.148. The summed E-state index contributed by atoms with van der Waals surface area (Å²) in [4.78, 5) is 28.7. The van der Waals surface area contributed by atoms with Crippen molar-refractivity contribution in [3.8, 4) is 23.2 Å². The molecule has 3 aliphatic carbocycles. The summed E-state index contributed by atoms with van der Waals surface area (Å²) in [5.41, 5.74) is 2.46. The Labute approximate surface area is 207 Å². The first-order chi connectivity index (χ1) is 17.5. The lowest BCUT2D eigenvalue weighted by atomic mass is 9.61. The fourth-order valence-corrected chi connectivity index (χ4v) is 5.71. The van der Waals surface area contributed by atoms with Gasteiger partial charge in [0.1, 0.15) is 23.0 Å². The molecular formula is C28H24FN5O2. The van der Waals surface area contributed by atoms with Crippen LogP contribution in [0, 0.1) is 35.4 Å². The Morgan fingerprint density at radius 2 is 1.83 bits per heavy atom. The summed E-state index contributed by atoms with van der Waals surface area (Å²) in [6.45, 7) is 0. The van der Waals surface area contributed by atoms with Crippen LogP contribution in [0.2, 0.25) is 0 Å². The predicted molar refractivity (Wildman–Crippen MR) is 133 cm³/mol. The van der Waals surface area contributed by atoms with Gasteiger partial charge in [-0.05, 0) is 61.6 Å². The Hall–Kier alpha value is -4.25. The molecule has 3 saturated carbocycles. The monoisotopic (exact) mass is 481 g/mol. The van der Waals surface area contributed by atoms with E-state index in [-0.39, 0.29) is 17.9 Å². The first kappa shape index (κ1) is 22.2. The molecule has 0 aliphatic heterocycles. The van der Waals surface area contributed by atoms with Crippen LogP contribution in [-0.4, -0.2) is 37.1 Å². The normalized spacial score (nSPS) is 22.7. The van der Waals surface area contributed by atoms with Crippen LogP contribution < -0.4 is 5.32 Å². The minimum absolute atomic E-state index is 0.173. The number of carboxylic acid groups (broad SMARTS) is 1. The number of hydrogen-bond donors (Lipinski definition) is 3. The molecule has 180 valence electrons. The molecule has 7 nitrogen and oxygen atoms in total. The van der Waals surface area contributed by atoms with Crippen molar-refractivity contribution in [1.82, 2.24) is 19.9 Å². The van der Waals surface area contributed by atoms with Gasteiger partial charge in [0, 0.05) is 34.8 Å². The number of fused-ring (bicyclic) bond motifs is 4. The summed E-state index contributed by atoms with van der Waals surface area (Å²) in [6, 6.07) is 12.5. The average Bonchev–Trinajstić information content (AvgIpc) is 3.31. The maximum atomic E-state index is 14.0. The molecule has 1 aromatic carbocycles. The predicted octanol–water partition coefficient (Wildman–Crippen LogP) is 4.86. The number of aromatic amines is 1. The van der Waals surface area contributed by atoms with Crippen LogP contribution in [0.5, 0.6) is 0 Å². The van der Waals surface area contributed by atoms with E-state index < -0.39 is 17.7 Å². The SMILES string of the molecule is O=C(O)[C@H]1C2CCC(CC2)[C@@H]1Nc1cc(C#Cc2ccccc2)nc(-c2c[nH]c3ncc(F)cc23)n1. The third-order valence-electron chi connectivity index (χ3n) is 7.39. The van der Waals surface area contributed by atoms with Crippen molar-refractivity contribution < 1.29 is 14.3 Å². The molecule has 0 saturated heterocycles. The van der Waals surface area contributed by atoms with Gasteiger partial charge in [-0.25, -0.2) is 19.3 Å². The minimum Gasteiger partial charge on any atom is -0.481 e. The fraction of sp³-hybridized carbons (Fsp3) is 0.286. The number of pyridine rings is 1. The second-order valence-corrected chi connectivity index (χ2v) is 9.54. The molecule has 4 aromatic rings. The standard InChI is InChI=1S/C28H24FN5O2/c29-19-12-21-22(15-31-26(21)30-14-19)27-32-20(11-6-16-4-2-1-3-5-16)13-23(34-27)33-25-18-9-7-17(8-10-18)24(25)28(35)36/h1-5,12-15,17-18,24-25H,7-10H2,(H,30,31)(H,35,36)(H,32,33,34)/t17?,18?,24-,25-/m0/s1. The Balaban J connectivity index is 1.43. The van der Waals surface area contributed by atoms with E-state index in [2.05, 4.69) is 32.1 Å². The largest absolute Gasteiger partial charge is 0.481 e. The molecule has 7 rings (SSSR count). The highest BCUT2D eigenvalue weighted by atomic mass is 19.1. The van der Waals surface area contributed by atoms with Gasteiger partial charge >= 0.3 is 5.97 Å². The smallest absolute Gasteiger partial charge is 0.308 e. The number of anilines is 1. The molecule has 0 amide bonds. The summed E-state index contributed by atoms with van der Waals surface area (Å²) in [5.74, 6) is 5.88. The van der Waals surface area contributed by atoms with Gasteiger partial charge in [-0.3, -0.25) is 4.79 Å². The summed E-state index contributed by atoms with van der Waals surface area (Å²) in [5, 5.41) is 14.0. The second-order valence-electron chi connectivity index (χ2n) is 9.54. The Kier molecular flexibility index (Phi) is 5.61. The van der Waals surface area contributed by atoms with E-state index in [1.54, 1.807) is 12.3 Å². The van der Waals surface area contributed by atoms with Crippen LogP contribution in [0.3, 0.4) is 0 Å². The number of benzene rings is 1. The van der Waals surface area contributed by atoms with E-state index in [1.807, 2.05) is 30.3 Å². The maximum Gasteiger partial charge on any atom is 0.308 e. The highest BCUT2D eigenvalue weighted by Crippen LogP contribution is 2.46. The van der Waals surface area contributed by atoms with Crippen LogP contribution >= 0.6 is 0 Å². The molecule has 0 radical (unpaired) electrons. The molecule has 3 heterocycles. The van der Waals surface area contributed by atoms with Gasteiger partial charge in [0.2, 0.25) is 0 Å². The molecule has 8 heteroatoms. The maximum absolute atomic E-state index is 14.0. The van der Waals surface area contributed by atoms with Gasteiger partial charge in [-0.1, -0.05) is 24.1 Å². The lowest BCUT2D eigenvalue weighted by Crippen LogP contribution is -2.51. The number of carbonyl (C=O) groups is 1. The zero-order chi connectivity index (χ0) is 24.6. The van der Waals surface area contributed by atoms with Crippen molar-refractivity contribution in [2.45, 2.75) is 31.7 Å². The summed E-state index contributed by atoms with van der Waals surface area (Å²) in [7, 11) is 0. The lowest BCUT2D eigenvalue weighted by Gasteiger charge is -2.47. The molecule has 3 aromatic heterocycles. The number of rotatable bonds is 4. The van der Waals surface area contributed by atoms with Crippen LogP contribution in [0.15, 0.2) is 54.9 Å². The summed E-state index contributed by atoms with van der Waals surface area (Å²) < 4.78 is 14.0. The van der Waals surface area contributed by atoms with E-state index in [1.165, 1.54) is 6.07 Å². The number of aliphatic carboxylic acids is 1. The first-order valence-electron chi connectivity index (χ1n) is 12.1. The van der Waals surface area contributed by atoms with Crippen molar-refractivity contribution in [3.05, 3.63) is 71.9 Å². The minimum atomic E-state index is -0.765. The molecule has 3 aliphatic rings. The van der Waals surface area contributed by atoms with E-state index >= 15 is 0 Å². The Morgan fingerprint density at radius 1 is 1.06 bits per heavy atom. The number of H-pyrrole nitrogens is 1. The second kappa shape index (κ2) is 9.08. The molecule has 36 heavy (non-hydrogen) atoms. The van der Waals surface area contributed by atoms with E-state index in [0.717, 1.165) is 37.4 Å². The summed E-state index contributed by atoms with van der Waals surface area (Å²) in [6.07, 6.45) is 6.79.